The number of amides is 1. The van der Waals surface area contributed by atoms with Crippen LogP contribution < -0.4 is 10.5 Å². The van der Waals surface area contributed by atoms with Gasteiger partial charge in [-0.2, -0.15) is 0 Å². The Morgan fingerprint density at radius 1 is 1.53 bits per heavy atom. The molecule has 1 aromatic carbocycles. The minimum atomic E-state index is -0.519. The summed E-state index contributed by atoms with van der Waals surface area (Å²) in [6.07, 6.45) is -0.508. The van der Waals surface area contributed by atoms with Gasteiger partial charge in [0.05, 0.1) is 13.2 Å². The summed E-state index contributed by atoms with van der Waals surface area (Å²) in [5, 5.41) is 0. The van der Waals surface area contributed by atoms with Crippen LogP contribution in [0.1, 0.15) is 12.5 Å². The lowest BCUT2D eigenvalue weighted by Gasteiger charge is -2.35. The van der Waals surface area contributed by atoms with Crippen molar-refractivity contribution in [1.29, 1.82) is 0 Å². The Morgan fingerprint density at radius 2 is 2.32 bits per heavy atom. The first-order valence-corrected chi connectivity index (χ1v) is 6.38. The van der Waals surface area contributed by atoms with Crippen molar-refractivity contribution in [1.82, 2.24) is 4.90 Å². The second-order valence-electron chi connectivity index (χ2n) is 4.88. The van der Waals surface area contributed by atoms with E-state index in [9.17, 15) is 4.79 Å². The first kappa shape index (κ1) is 13.8. The van der Waals surface area contributed by atoms with E-state index >= 15 is 0 Å². The maximum Gasteiger partial charge on any atom is 0.247 e. The largest absolute Gasteiger partial charge is 0.497 e. The first-order valence-electron chi connectivity index (χ1n) is 6.38. The number of nitrogens with zero attached hydrogens (tertiary/aromatic N) is 1. The molecule has 0 aliphatic carbocycles. The van der Waals surface area contributed by atoms with Crippen LogP contribution in [0, 0.1) is 0 Å². The smallest absolute Gasteiger partial charge is 0.247 e. The zero-order valence-corrected chi connectivity index (χ0v) is 11.3. The molecule has 1 unspecified atom stereocenters. The van der Waals surface area contributed by atoms with Gasteiger partial charge in [0, 0.05) is 19.6 Å². The van der Waals surface area contributed by atoms with Gasteiger partial charge in [0.25, 0.3) is 0 Å². The quantitative estimate of drug-likeness (QED) is 0.872. The summed E-state index contributed by atoms with van der Waals surface area (Å²) in [6.45, 7) is 4.04. The SMILES string of the molecule is COc1cccc(CN2CC(C(N)=O)O[C@H](C)C2)c1. The number of primary amides is 1. The summed E-state index contributed by atoms with van der Waals surface area (Å²) >= 11 is 0. The Morgan fingerprint density at radius 3 is 3.00 bits per heavy atom. The van der Waals surface area contributed by atoms with Gasteiger partial charge < -0.3 is 15.2 Å². The van der Waals surface area contributed by atoms with Crippen LogP contribution in [-0.2, 0) is 16.1 Å². The lowest BCUT2D eigenvalue weighted by Crippen LogP contribution is -2.51. The van der Waals surface area contributed by atoms with Gasteiger partial charge in [-0.15, -0.1) is 0 Å². The van der Waals surface area contributed by atoms with Crippen molar-refractivity contribution in [2.75, 3.05) is 20.2 Å². The highest BCUT2D eigenvalue weighted by atomic mass is 16.5. The number of ether oxygens (including phenoxy) is 2. The Balaban J connectivity index is 2.03. The molecule has 0 aromatic heterocycles. The third-order valence-corrected chi connectivity index (χ3v) is 3.19. The molecule has 1 fully saturated rings. The topological polar surface area (TPSA) is 64.8 Å². The van der Waals surface area contributed by atoms with Crippen molar-refractivity contribution in [3.8, 4) is 5.75 Å². The molecular weight excluding hydrogens is 244 g/mol. The van der Waals surface area contributed by atoms with Crippen molar-refractivity contribution in [2.24, 2.45) is 5.73 Å². The molecule has 104 valence electrons. The van der Waals surface area contributed by atoms with Crippen molar-refractivity contribution in [3.63, 3.8) is 0 Å². The van der Waals surface area contributed by atoms with Gasteiger partial charge in [-0.05, 0) is 24.6 Å². The van der Waals surface area contributed by atoms with E-state index in [0.717, 1.165) is 24.4 Å². The van der Waals surface area contributed by atoms with Gasteiger partial charge in [-0.1, -0.05) is 12.1 Å². The summed E-state index contributed by atoms with van der Waals surface area (Å²) in [6, 6.07) is 7.92. The number of morpholine rings is 1. The minimum absolute atomic E-state index is 0.0110. The van der Waals surface area contributed by atoms with E-state index in [1.807, 2.05) is 31.2 Å². The van der Waals surface area contributed by atoms with Gasteiger partial charge in [-0.25, -0.2) is 0 Å². The van der Waals surface area contributed by atoms with Crippen LogP contribution in [0.3, 0.4) is 0 Å². The van der Waals surface area contributed by atoms with Gasteiger partial charge in [0.2, 0.25) is 5.91 Å². The number of benzene rings is 1. The van der Waals surface area contributed by atoms with Gasteiger partial charge in [-0.3, -0.25) is 9.69 Å². The molecule has 1 amide bonds. The van der Waals surface area contributed by atoms with Gasteiger partial charge >= 0.3 is 0 Å². The molecule has 1 aliphatic heterocycles. The molecule has 2 rings (SSSR count). The monoisotopic (exact) mass is 264 g/mol. The summed E-state index contributed by atoms with van der Waals surface area (Å²) in [5.74, 6) is 0.437. The van der Waals surface area contributed by atoms with Crippen molar-refractivity contribution >= 4 is 5.91 Å². The fourth-order valence-electron chi connectivity index (χ4n) is 2.35. The number of nitrogens with two attached hydrogens (primary N) is 1. The molecular formula is C14H20N2O3. The fourth-order valence-corrected chi connectivity index (χ4v) is 2.35. The van der Waals surface area contributed by atoms with Crippen LogP contribution in [-0.4, -0.2) is 43.2 Å². The zero-order valence-electron chi connectivity index (χ0n) is 11.3. The molecule has 0 spiro atoms. The predicted molar refractivity (Wildman–Crippen MR) is 71.8 cm³/mol. The van der Waals surface area contributed by atoms with Crippen LogP contribution in [0.5, 0.6) is 5.75 Å². The van der Waals surface area contributed by atoms with Crippen LogP contribution >= 0.6 is 0 Å². The average Bonchev–Trinajstić information content (AvgIpc) is 2.38. The highest BCUT2D eigenvalue weighted by molar-refractivity contribution is 5.79. The lowest BCUT2D eigenvalue weighted by molar-refractivity contribution is -0.142. The van der Waals surface area contributed by atoms with E-state index in [1.165, 1.54) is 0 Å². The maximum atomic E-state index is 11.2. The predicted octanol–water partition coefficient (Wildman–Crippen LogP) is 0.770. The summed E-state index contributed by atoms with van der Waals surface area (Å²) < 4.78 is 10.7. The lowest BCUT2D eigenvalue weighted by atomic mass is 10.1. The molecule has 2 atom stereocenters. The molecule has 1 aliphatic rings. The minimum Gasteiger partial charge on any atom is -0.497 e. The first-order chi connectivity index (χ1) is 9.08. The van der Waals surface area contributed by atoms with E-state index in [2.05, 4.69) is 4.90 Å². The number of hydrogen-bond donors (Lipinski definition) is 1. The van der Waals surface area contributed by atoms with Crippen LogP contribution in [0.15, 0.2) is 24.3 Å². The normalized spacial score (nSPS) is 24.1. The van der Waals surface area contributed by atoms with E-state index < -0.39 is 12.0 Å². The van der Waals surface area contributed by atoms with Crippen molar-refractivity contribution in [2.45, 2.75) is 25.7 Å². The molecule has 5 heteroatoms. The molecule has 1 heterocycles. The Hall–Kier alpha value is -1.59. The third kappa shape index (κ3) is 3.68. The highest BCUT2D eigenvalue weighted by Crippen LogP contribution is 2.17. The highest BCUT2D eigenvalue weighted by Gasteiger charge is 2.28. The average molecular weight is 264 g/mol. The van der Waals surface area contributed by atoms with E-state index in [-0.39, 0.29) is 6.10 Å². The molecule has 5 nitrogen and oxygen atoms in total. The standard InChI is InChI=1S/C14H20N2O3/c1-10-7-16(9-13(19-10)14(15)17)8-11-4-3-5-12(6-11)18-2/h3-6,10,13H,7-9H2,1-2H3,(H2,15,17)/t10-,13?/m1/s1. The summed E-state index contributed by atoms with van der Waals surface area (Å²) in [7, 11) is 1.65. The van der Waals surface area contributed by atoms with Crippen LogP contribution in [0.4, 0.5) is 0 Å². The zero-order chi connectivity index (χ0) is 13.8. The van der Waals surface area contributed by atoms with E-state index in [0.29, 0.717) is 6.54 Å². The summed E-state index contributed by atoms with van der Waals surface area (Å²) in [5.41, 5.74) is 6.47. The van der Waals surface area contributed by atoms with Gasteiger partial charge in [0.15, 0.2) is 0 Å². The molecule has 2 N–H and O–H groups in total. The van der Waals surface area contributed by atoms with Crippen LogP contribution in [0.25, 0.3) is 0 Å². The molecule has 1 saturated heterocycles. The number of carbonyl (C=O) groups is 1. The number of methoxy groups -OCH3 is 1. The molecule has 0 radical (unpaired) electrons. The Labute approximate surface area is 113 Å². The van der Waals surface area contributed by atoms with E-state index in [1.54, 1.807) is 7.11 Å². The Kier molecular flexibility index (Phi) is 4.39. The fraction of sp³-hybridized carbons (Fsp3) is 0.500. The maximum absolute atomic E-state index is 11.2. The van der Waals surface area contributed by atoms with E-state index in [4.69, 9.17) is 15.2 Å². The molecule has 0 bridgehead atoms. The molecule has 0 saturated carbocycles. The third-order valence-electron chi connectivity index (χ3n) is 3.19. The molecule has 1 aromatic rings. The number of hydrogen-bond acceptors (Lipinski definition) is 4. The second kappa shape index (κ2) is 6.04. The van der Waals surface area contributed by atoms with Crippen LogP contribution in [0.2, 0.25) is 0 Å². The van der Waals surface area contributed by atoms with Crippen molar-refractivity contribution in [3.05, 3.63) is 29.8 Å². The van der Waals surface area contributed by atoms with Gasteiger partial charge in [0.1, 0.15) is 11.9 Å². The number of carbonyl (C=O) groups excluding carboxylic acids is 1. The second-order valence-corrected chi connectivity index (χ2v) is 4.88. The van der Waals surface area contributed by atoms with Crippen molar-refractivity contribution < 1.29 is 14.3 Å². The molecule has 19 heavy (non-hydrogen) atoms. The Bertz CT molecular complexity index is 450. The number of rotatable bonds is 4. The summed E-state index contributed by atoms with van der Waals surface area (Å²) in [4.78, 5) is 13.4.